The van der Waals surface area contributed by atoms with Gasteiger partial charge in [0.1, 0.15) is 18.6 Å². The fraction of sp³-hybridized carbons (Fsp3) is 0.105. The Morgan fingerprint density at radius 2 is 1.84 bits per heavy atom. The largest absolute Gasteiger partial charge is 0.455 e. The van der Waals surface area contributed by atoms with Crippen LogP contribution in [0.4, 0.5) is 0 Å². The highest BCUT2D eigenvalue weighted by Crippen LogP contribution is 2.18. The number of carbonyl (C=O) groups excluding carboxylic acids is 2. The summed E-state index contributed by atoms with van der Waals surface area (Å²) in [5, 5.41) is 2.51. The highest BCUT2D eigenvalue weighted by molar-refractivity contribution is 5.97. The molecule has 0 atom stereocenters. The second kappa shape index (κ2) is 7.44. The van der Waals surface area contributed by atoms with Crippen molar-refractivity contribution in [3.8, 4) is 11.5 Å². The van der Waals surface area contributed by atoms with E-state index in [-0.39, 0.29) is 12.5 Å². The van der Waals surface area contributed by atoms with Gasteiger partial charge in [0.2, 0.25) is 5.89 Å². The number of amides is 1. The molecule has 0 bridgehead atoms. The van der Waals surface area contributed by atoms with E-state index in [9.17, 15) is 9.59 Å². The van der Waals surface area contributed by atoms with E-state index in [0.717, 1.165) is 5.56 Å². The Labute approximate surface area is 144 Å². The Balaban J connectivity index is 1.65. The Hall–Kier alpha value is -3.41. The molecule has 3 rings (SSSR count). The summed E-state index contributed by atoms with van der Waals surface area (Å²) in [7, 11) is 1.53. The van der Waals surface area contributed by atoms with Crippen LogP contribution in [0.5, 0.6) is 0 Å². The number of hydrogen-bond acceptors (Lipinski definition) is 5. The van der Waals surface area contributed by atoms with Crippen molar-refractivity contribution >= 4 is 11.9 Å². The quantitative estimate of drug-likeness (QED) is 0.724. The average molecular weight is 336 g/mol. The number of esters is 1. The van der Waals surface area contributed by atoms with Crippen molar-refractivity contribution in [2.45, 2.75) is 6.61 Å². The third-order valence-corrected chi connectivity index (χ3v) is 3.51. The summed E-state index contributed by atoms with van der Waals surface area (Å²) in [6.07, 6.45) is 1.45. The fourth-order valence-corrected chi connectivity index (χ4v) is 2.24. The first kappa shape index (κ1) is 16.4. The summed E-state index contributed by atoms with van der Waals surface area (Å²) < 4.78 is 10.6. The van der Waals surface area contributed by atoms with E-state index in [0.29, 0.717) is 22.7 Å². The van der Waals surface area contributed by atoms with Crippen LogP contribution in [0, 0.1) is 0 Å². The maximum Gasteiger partial charge on any atom is 0.338 e. The molecule has 1 N–H and O–H groups in total. The number of hydrogen-bond donors (Lipinski definition) is 1. The summed E-state index contributed by atoms with van der Waals surface area (Å²) in [6, 6.07) is 15.8. The summed E-state index contributed by atoms with van der Waals surface area (Å²) in [5.41, 5.74) is 2.05. The van der Waals surface area contributed by atoms with Gasteiger partial charge in [-0.1, -0.05) is 24.3 Å². The predicted octanol–water partition coefficient (Wildman–Crippen LogP) is 3.06. The minimum atomic E-state index is -0.532. The Kier molecular flexibility index (Phi) is 4.89. The molecule has 25 heavy (non-hydrogen) atoms. The zero-order valence-corrected chi connectivity index (χ0v) is 13.6. The number of rotatable bonds is 5. The fourth-order valence-electron chi connectivity index (χ4n) is 2.24. The van der Waals surface area contributed by atoms with Gasteiger partial charge in [-0.3, -0.25) is 4.79 Å². The number of nitrogens with one attached hydrogen (secondary N) is 1. The average Bonchev–Trinajstić information content (AvgIpc) is 3.15. The molecule has 0 radical (unpaired) electrons. The van der Waals surface area contributed by atoms with Gasteiger partial charge in [-0.15, -0.1) is 0 Å². The van der Waals surface area contributed by atoms with Gasteiger partial charge in [0.05, 0.1) is 5.56 Å². The smallest absolute Gasteiger partial charge is 0.338 e. The highest BCUT2D eigenvalue weighted by Gasteiger charge is 2.13. The van der Waals surface area contributed by atoms with E-state index >= 15 is 0 Å². The molecule has 1 amide bonds. The van der Waals surface area contributed by atoms with E-state index in [1.807, 2.05) is 30.3 Å². The minimum absolute atomic E-state index is 0.0145. The molecule has 6 nitrogen and oxygen atoms in total. The Morgan fingerprint density at radius 3 is 2.60 bits per heavy atom. The van der Waals surface area contributed by atoms with Crippen LogP contribution in [-0.4, -0.2) is 23.9 Å². The van der Waals surface area contributed by atoms with Crippen LogP contribution < -0.4 is 5.32 Å². The molecule has 1 heterocycles. The molecular formula is C19H16N2O4. The van der Waals surface area contributed by atoms with E-state index in [2.05, 4.69) is 10.3 Å². The summed E-state index contributed by atoms with van der Waals surface area (Å²) in [5.74, 6) is -0.332. The van der Waals surface area contributed by atoms with Crippen molar-refractivity contribution in [1.82, 2.24) is 10.3 Å². The van der Waals surface area contributed by atoms with Crippen molar-refractivity contribution in [3.63, 3.8) is 0 Å². The molecule has 3 aromatic rings. The summed E-state index contributed by atoms with van der Waals surface area (Å²) >= 11 is 0. The van der Waals surface area contributed by atoms with Crippen LogP contribution in [-0.2, 0) is 11.3 Å². The van der Waals surface area contributed by atoms with E-state index < -0.39 is 5.97 Å². The summed E-state index contributed by atoms with van der Waals surface area (Å²) in [4.78, 5) is 28.1. The van der Waals surface area contributed by atoms with Gasteiger partial charge in [0, 0.05) is 18.2 Å². The van der Waals surface area contributed by atoms with Gasteiger partial charge in [0.15, 0.2) is 0 Å². The SMILES string of the molecule is CNC(=O)c1cccc(C(=O)OCc2coc(-c3ccccc3)n2)c1. The minimum Gasteiger partial charge on any atom is -0.455 e. The predicted molar refractivity (Wildman–Crippen MR) is 90.9 cm³/mol. The highest BCUT2D eigenvalue weighted by atomic mass is 16.5. The molecule has 0 fully saturated rings. The second-order valence-corrected chi connectivity index (χ2v) is 5.25. The number of ether oxygens (including phenoxy) is 1. The first-order chi connectivity index (χ1) is 12.2. The van der Waals surface area contributed by atoms with Gasteiger partial charge >= 0.3 is 5.97 Å². The maximum absolute atomic E-state index is 12.1. The molecule has 0 saturated heterocycles. The van der Waals surface area contributed by atoms with Gasteiger partial charge in [-0.2, -0.15) is 0 Å². The van der Waals surface area contributed by atoms with Gasteiger partial charge < -0.3 is 14.5 Å². The molecule has 126 valence electrons. The van der Waals surface area contributed by atoms with Crippen LogP contribution in [0.1, 0.15) is 26.4 Å². The third kappa shape index (κ3) is 3.92. The molecule has 0 aliphatic carbocycles. The lowest BCUT2D eigenvalue weighted by Gasteiger charge is -2.04. The lowest BCUT2D eigenvalue weighted by molar-refractivity contribution is 0.0467. The third-order valence-electron chi connectivity index (χ3n) is 3.51. The first-order valence-electron chi connectivity index (χ1n) is 7.66. The summed E-state index contributed by atoms with van der Waals surface area (Å²) in [6.45, 7) is -0.0145. The molecule has 0 saturated carbocycles. The van der Waals surface area contributed by atoms with Crippen LogP contribution in [0.15, 0.2) is 65.3 Å². The second-order valence-electron chi connectivity index (χ2n) is 5.25. The molecular weight excluding hydrogens is 320 g/mol. The van der Waals surface area contributed by atoms with Crippen molar-refractivity contribution in [3.05, 3.63) is 77.7 Å². The first-order valence-corrected chi connectivity index (χ1v) is 7.66. The molecule has 6 heteroatoms. The molecule has 2 aromatic carbocycles. The van der Waals surface area contributed by atoms with Crippen LogP contribution in [0.25, 0.3) is 11.5 Å². The molecule has 0 aliphatic heterocycles. The standard InChI is InChI=1S/C19H16N2O4/c1-20-17(22)14-8-5-9-15(10-14)19(23)25-12-16-11-24-18(21-16)13-6-3-2-4-7-13/h2-11H,12H2,1H3,(H,20,22). The normalized spacial score (nSPS) is 10.3. The zero-order valence-electron chi connectivity index (χ0n) is 13.6. The van der Waals surface area contributed by atoms with Crippen molar-refractivity contribution in [2.75, 3.05) is 7.05 Å². The number of benzene rings is 2. The van der Waals surface area contributed by atoms with Crippen molar-refractivity contribution in [2.24, 2.45) is 0 Å². The molecule has 0 unspecified atom stereocenters. The maximum atomic E-state index is 12.1. The molecule has 1 aromatic heterocycles. The van der Waals surface area contributed by atoms with Crippen LogP contribution >= 0.6 is 0 Å². The number of oxazole rings is 1. The number of nitrogens with zero attached hydrogens (tertiary/aromatic N) is 1. The van der Waals surface area contributed by atoms with E-state index in [1.165, 1.54) is 19.4 Å². The van der Waals surface area contributed by atoms with Crippen LogP contribution in [0.3, 0.4) is 0 Å². The lowest BCUT2D eigenvalue weighted by Crippen LogP contribution is -2.18. The molecule has 0 spiro atoms. The monoisotopic (exact) mass is 336 g/mol. The van der Waals surface area contributed by atoms with E-state index in [4.69, 9.17) is 9.15 Å². The Morgan fingerprint density at radius 1 is 1.08 bits per heavy atom. The van der Waals surface area contributed by atoms with Crippen LogP contribution in [0.2, 0.25) is 0 Å². The van der Waals surface area contributed by atoms with Gasteiger partial charge in [-0.25, -0.2) is 9.78 Å². The van der Waals surface area contributed by atoms with Crippen molar-refractivity contribution < 1.29 is 18.7 Å². The topological polar surface area (TPSA) is 81.4 Å². The lowest BCUT2D eigenvalue weighted by atomic mass is 10.1. The number of aromatic nitrogens is 1. The van der Waals surface area contributed by atoms with Crippen molar-refractivity contribution in [1.29, 1.82) is 0 Å². The zero-order chi connectivity index (χ0) is 17.6. The van der Waals surface area contributed by atoms with Gasteiger partial charge in [0.25, 0.3) is 5.91 Å². The Bertz CT molecular complexity index is 887. The van der Waals surface area contributed by atoms with E-state index in [1.54, 1.807) is 18.2 Å². The molecule has 0 aliphatic rings. The van der Waals surface area contributed by atoms with Gasteiger partial charge in [-0.05, 0) is 30.3 Å². The number of carbonyl (C=O) groups is 2.